The first kappa shape index (κ1) is 13.0. The number of benzene rings is 1. The van der Waals surface area contributed by atoms with E-state index in [-0.39, 0.29) is 12.4 Å². The van der Waals surface area contributed by atoms with E-state index in [1.165, 1.54) is 6.07 Å². The average Bonchev–Trinajstić information content (AvgIpc) is 2.37. The van der Waals surface area contributed by atoms with E-state index in [4.69, 9.17) is 10.5 Å². The minimum Gasteiger partial charge on any atom is -0.473 e. The van der Waals surface area contributed by atoms with Gasteiger partial charge in [0, 0.05) is 18.2 Å². The second-order valence-corrected chi connectivity index (χ2v) is 4.53. The highest BCUT2D eigenvalue weighted by Crippen LogP contribution is 2.16. The summed E-state index contributed by atoms with van der Waals surface area (Å²) in [4.78, 5) is 4.10. The van der Waals surface area contributed by atoms with Gasteiger partial charge in [0.15, 0.2) is 0 Å². The van der Waals surface area contributed by atoms with Crippen molar-refractivity contribution in [3.05, 3.63) is 57.9 Å². The van der Waals surface area contributed by atoms with Crippen LogP contribution in [0, 0.1) is 5.82 Å². The zero-order valence-corrected chi connectivity index (χ0v) is 11.2. The molecule has 1 aromatic heterocycles. The number of hydrogen-bond donors (Lipinski definition) is 1. The number of nitrogens with two attached hydrogens (primary N) is 1. The summed E-state index contributed by atoms with van der Waals surface area (Å²) < 4.78 is 19.7. The van der Waals surface area contributed by atoms with Crippen LogP contribution in [0.4, 0.5) is 4.39 Å². The molecule has 3 nitrogen and oxygen atoms in total. The molecule has 0 saturated carbocycles. The molecule has 0 bridgehead atoms. The van der Waals surface area contributed by atoms with Crippen molar-refractivity contribution in [1.29, 1.82) is 0 Å². The summed E-state index contributed by atoms with van der Waals surface area (Å²) in [6, 6.07) is 10.2. The third-order valence-corrected chi connectivity index (χ3v) is 2.86. The Morgan fingerprint density at radius 3 is 2.78 bits per heavy atom. The van der Waals surface area contributed by atoms with Gasteiger partial charge in [-0.15, -0.1) is 0 Å². The van der Waals surface area contributed by atoms with Crippen molar-refractivity contribution in [2.24, 2.45) is 5.73 Å². The molecule has 0 aliphatic carbocycles. The highest BCUT2D eigenvalue weighted by Gasteiger charge is 2.05. The lowest BCUT2D eigenvalue weighted by atomic mass is 10.1. The highest BCUT2D eigenvalue weighted by atomic mass is 79.9. The molecule has 0 aliphatic rings. The third kappa shape index (κ3) is 3.27. The fourth-order valence-corrected chi connectivity index (χ4v) is 1.78. The largest absolute Gasteiger partial charge is 0.473 e. The monoisotopic (exact) mass is 310 g/mol. The second-order valence-electron chi connectivity index (χ2n) is 3.72. The van der Waals surface area contributed by atoms with Crippen molar-refractivity contribution >= 4 is 15.9 Å². The van der Waals surface area contributed by atoms with E-state index < -0.39 is 0 Å². The predicted octanol–water partition coefficient (Wildman–Crippen LogP) is 3.02. The van der Waals surface area contributed by atoms with Crippen LogP contribution in [-0.4, -0.2) is 4.98 Å². The SMILES string of the molecule is NCc1ccc(COc2cccc(Br)n2)c(F)c1. The summed E-state index contributed by atoms with van der Waals surface area (Å²) in [6.07, 6.45) is 0. The smallest absolute Gasteiger partial charge is 0.214 e. The normalized spacial score (nSPS) is 10.4. The molecule has 0 aliphatic heterocycles. The summed E-state index contributed by atoms with van der Waals surface area (Å²) >= 11 is 3.24. The predicted molar refractivity (Wildman–Crippen MR) is 70.6 cm³/mol. The molecular weight excluding hydrogens is 299 g/mol. The van der Waals surface area contributed by atoms with Crippen molar-refractivity contribution in [3.63, 3.8) is 0 Å². The third-order valence-electron chi connectivity index (χ3n) is 2.42. The van der Waals surface area contributed by atoms with Crippen LogP contribution in [-0.2, 0) is 13.2 Å². The molecule has 2 aromatic rings. The van der Waals surface area contributed by atoms with Crippen LogP contribution in [0.15, 0.2) is 41.0 Å². The second kappa shape index (κ2) is 5.93. The van der Waals surface area contributed by atoms with E-state index in [0.717, 1.165) is 5.56 Å². The molecule has 2 rings (SSSR count). The van der Waals surface area contributed by atoms with Crippen LogP contribution in [0.1, 0.15) is 11.1 Å². The summed E-state index contributed by atoms with van der Waals surface area (Å²) in [6.45, 7) is 0.464. The fraction of sp³-hybridized carbons (Fsp3) is 0.154. The van der Waals surface area contributed by atoms with Crippen molar-refractivity contribution < 1.29 is 9.13 Å². The van der Waals surface area contributed by atoms with Gasteiger partial charge in [-0.2, -0.15) is 0 Å². The van der Waals surface area contributed by atoms with Crippen LogP contribution in [0.25, 0.3) is 0 Å². The average molecular weight is 311 g/mol. The summed E-state index contributed by atoms with van der Waals surface area (Å²) in [5.41, 5.74) is 6.68. The molecule has 1 aromatic carbocycles. The molecule has 0 fully saturated rings. The topological polar surface area (TPSA) is 48.1 Å². The fourth-order valence-electron chi connectivity index (χ4n) is 1.46. The van der Waals surface area contributed by atoms with Crippen molar-refractivity contribution in [2.45, 2.75) is 13.2 Å². The maximum atomic E-state index is 13.7. The first-order valence-electron chi connectivity index (χ1n) is 5.42. The van der Waals surface area contributed by atoms with Gasteiger partial charge < -0.3 is 10.5 Å². The molecule has 0 amide bonds. The van der Waals surface area contributed by atoms with Gasteiger partial charge in [-0.25, -0.2) is 9.37 Å². The van der Waals surface area contributed by atoms with E-state index in [9.17, 15) is 4.39 Å². The maximum absolute atomic E-state index is 13.7. The molecule has 0 saturated heterocycles. The summed E-state index contributed by atoms with van der Waals surface area (Å²) in [5, 5.41) is 0. The Morgan fingerprint density at radius 1 is 1.28 bits per heavy atom. The number of rotatable bonds is 4. The lowest BCUT2D eigenvalue weighted by molar-refractivity contribution is 0.287. The Balaban J connectivity index is 2.06. The van der Waals surface area contributed by atoms with Gasteiger partial charge in [0.1, 0.15) is 17.0 Å². The van der Waals surface area contributed by atoms with Crippen molar-refractivity contribution in [1.82, 2.24) is 4.98 Å². The van der Waals surface area contributed by atoms with Gasteiger partial charge >= 0.3 is 0 Å². The van der Waals surface area contributed by atoms with Crippen LogP contribution in [0.3, 0.4) is 0 Å². The zero-order chi connectivity index (χ0) is 13.0. The first-order valence-corrected chi connectivity index (χ1v) is 6.21. The lowest BCUT2D eigenvalue weighted by Gasteiger charge is -2.07. The van der Waals surface area contributed by atoms with Crippen LogP contribution < -0.4 is 10.5 Å². The molecule has 0 unspecified atom stereocenters. The first-order chi connectivity index (χ1) is 8.69. The highest BCUT2D eigenvalue weighted by molar-refractivity contribution is 9.10. The van der Waals surface area contributed by atoms with E-state index in [1.54, 1.807) is 30.3 Å². The van der Waals surface area contributed by atoms with Gasteiger partial charge in [-0.3, -0.25) is 0 Å². The molecule has 0 spiro atoms. The standard InChI is InChI=1S/C13H12BrFN2O/c14-12-2-1-3-13(17-12)18-8-10-5-4-9(7-16)6-11(10)15/h1-6H,7-8,16H2. The van der Waals surface area contributed by atoms with Gasteiger partial charge in [-0.05, 0) is 33.6 Å². The molecular formula is C13H12BrFN2O. The lowest BCUT2D eigenvalue weighted by Crippen LogP contribution is -2.02. The number of halogens is 2. The molecule has 94 valence electrons. The van der Waals surface area contributed by atoms with Crippen molar-refractivity contribution in [2.75, 3.05) is 0 Å². The Hall–Kier alpha value is -1.46. The quantitative estimate of drug-likeness (QED) is 0.883. The van der Waals surface area contributed by atoms with Gasteiger partial charge in [0.2, 0.25) is 5.88 Å². The van der Waals surface area contributed by atoms with Gasteiger partial charge in [0.05, 0.1) is 0 Å². The van der Waals surface area contributed by atoms with E-state index >= 15 is 0 Å². The summed E-state index contributed by atoms with van der Waals surface area (Å²) in [7, 11) is 0. The zero-order valence-electron chi connectivity index (χ0n) is 9.57. The van der Waals surface area contributed by atoms with E-state index in [1.807, 2.05) is 0 Å². The minimum absolute atomic E-state index is 0.139. The number of hydrogen-bond acceptors (Lipinski definition) is 3. The van der Waals surface area contributed by atoms with Crippen molar-refractivity contribution in [3.8, 4) is 5.88 Å². The van der Waals surface area contributed by atoms with Crippen LogP contribution in [0.2, 0.25) is 0 Å². The minimum atomic E-state index is -0.312. The molecule has 5 heteroatoms. The Kier molecular flexibility index (Phi) is 4.28. The number of pyridine rings is 1. The van der Waals surface area contributed by atoms with Gasteiger partial charge in [0.25, 0.3) is 0 Å². The summed E-state index contributed by atoms with van der Waals surface area (Å²) in [5.74, 6) is 0.139. The molecule has 18 heavy (non-hydrogen) atoms. The van der Waals surface area contributed by atoms with E-state index in [0.29, 0.717) is 22.6 Å². The molecule has 1 heterocycles. The van der Waals surface area contributed by atoms with E-state index in [2.05, 4.69) is 20.9 Å². The Labute approximate surface area is 113 Å². The number of ether oxygens (including phenoxy) is 1. The molecule has 2 N–H and O–H groups in total. The van der Waals surface area contributed by atoms with Crippen LogP contribution >= 0.6 is 15.9 Å². The maximum Gasteiger partial charge on any atom is 0.214 e. The van der Waals surface area contributed by atoms with Crippen LogP contribution in [0.5, 0.6) is 5.88 Å². The Bertz CT molecular complexity index is 548. The van der Waals surface area contributed by atoms with Gasteiger partial charge in [-0.1, -0.05) is 18.2 Å². The number of aromatic nitrogens is 1. The molecule has 0 radical (unpaired) electrons. The Morgan fingerprint density at radius 2 is 2.11 bits per heavy atom. The molecule has 0 atom stereocenters. The number of nitrogens with zero attached hydrogens (tertiary/aromatic N) is 1.